The second-order valence-corrected chi connectivity index (χ2v) is 14.6. The Morgan fingerprint density at radius 1 is 0.339 bits per heavy atom. The zero-order valence-electron chi connectivity index (χ0n) is 30.3. The highest BCUT2D eigenvalue weighted by Crippen LogP contribution is 2.42. The lowest BCUT2D eigenvalue weighted by molar-refractivity contribution is 1.01. The molecule has 0 saturated carbocycles. The second-order valence-electron chi connectivity index (χ2n) is 14.6. The number of hydrogen-bond acceptors (Lipinski definition) is 2. The molecular formula is C52H32N4. The highest BCUT2D eigenvalue weighted by Gasteiger charge is 2.20. The largest absolute Gasteiger partial charge is 0.309 e. The molecule has 12 aromatic rings. The normalized spacial score (nSPS) is 11.9. The van der Waals surface area contributed by atoms with Crippen molar-refractivity contribution in [3.05, 3.63) is 194 Å². The summed E-state index contributed by atoms with van der Waals surface area (Å²) in [4.78, 5) is 10.6. The van der Waals surface area contributed by atoms with Crippen LogP contribution in [0.15, 0.2) is 194 Å². The van der Waals surface area contributed by atoms with Crippen molar-refractivity contribution in [2.75, 3.05) is 0 Å². The van der Waals surface area contributed by atoms with Crippen molar-refractivity contribution < 1.29 is 0 Å². The van der Waals surface area contributed by atoms with Crippen LogP contribution < -0.4 is 0 Å². The number of hydrogen-bond donors (Lipinski definition) is 0. The fourth-order valence-electron chi connectivity index (χ4n) is 9.07. The molecule has 0 bridgehead atoms. The van der Waals surface area contributed by atoms with E-state index in [4.69, 9.17) is 9.97 Å². The van der Waals surface area contributed by atoms with Gasteiger partial charge in [-0.15, -0.1) is 0 Å². The Morgan fingerprint density at radius 3 is 1.68 bits per heavy atom. The average molecular weight is 713 g/mol. The zero-order valence-corrected chi connectivity index (χ0v) is 30.3. The summed E-state index contributed by atoms with van der Waals surface area (Å²) in [6.45, 7) is 0. The molecule has 0 fully saturated rings. The van der Waals surface area contributed by atoms with Crippen molar-refractivity contribution in [2.24, 2.45) is 0 Å². The molecule has 3 aromatic heterocycles. The van der Waals surface area contributed by atoms with Crippen LogP contribution in [0.25, 0.3) is 110 Å². The van der Waals surface area contributed by atoms with Crippen LogP contribution in [0.5, 0.6) is 0 Å². The molecule has 0 spiro atoms. The molecule has 56 heavy (non-hydrogen) atoms. The van der Waals surface area contributed by atoms with Crippen molar-refractivity contribution in [3.63, 3.8) is 0 Å². The lowest BCUT2D eigenvalue weighted by Crippen LogP contribution is -2.03. The first-order valence-electron chi connectivity index (χ1n) is 19.1. The quantitative estimate of drug-likeness (QED) is 0.182. The van der Waals surface area contributed by atoms with E-state index in [1.54, 1.807) is 0 Å². The topological polar surface area (TPSA) is 35.6 Å². The van der Waals surface area contributed by atoms with Gasteiger partial charge in [-0.1, -0.05) is 152 Å². The molecule has 3 heterocycles. The predicted molar refractivity (Wildman–Crippen MR) is 234 cm³/mol. The first-order chi connectivity index (χ1) is 27.8. The third-order valence-electron chi connectivity index (χ3n) is 11.5. The van der Waals surface area contributed by atoms with Crippen LogP contribution in [-0.4, -0.2) is 19.1 Å². The fourth-order valence-corrected chi connectivity index (χ4v) is 9.07. The van der Waals surface area contributed by atoms with E-state index in [1.807, 2.05) is 0 Å². The molecule has 0 aliphatic carbocycles. The molecule has 0 N–H and O–H groups in total. The Morgan fingerprint density at radius 2 is 0.911 bits per heavy atom. The van der Waals surface area contributed by atoms with Gasteiger partial charge < -0.3 is 4.57 Å². The van der Waals surface area contributed by atoms with Crippen LogP contribution >= 0.6 is 0 Å². The molecule has 0 atom stereocenters. The Balaban J connectivity index is 1.06. The maximum Gasteiger partial charge on any atom is 0.235 e. The summed E-state index contributed by atoms with van der Waals surface area (Å²) in [6, 6.07) is 69.6. The number of benzene rings is 9. The van der Waals surface area contributed by atoms with E-state index in [0.29, 0.717) is 5.95 Å². The third kappa shape index (κ3) is 4.47. The van der Waals surface area contributed by atoms with E-state index < -0.39 is 0 Å². The fraction of sp³-hybridized carbons (Fsp3) is 0. The van der Waals surface area contributed by atoms with Crippen molar-refractivity contribution in [1.82, 2.24) is 19.1 Å². The Kier molecular flexibility index (Phi) is 6.60. The standard InChI is InChI=1S/C52H32N4/c1-2-15-36(16-3-1)55-45-24-12-9-21-41(45)50-39-19-7-6-18-38(39)43(32-48(50)55)34-26-28-35(29-27-34)51-40-20-8-11-23-44(40)53-52(54-51)56-46-25-13-10-22-42(46)49-37-17-5-4-14-33(37)30-31-47(49)56/h1-32H. The number of fused-ring (bicyclic) bond motifs is 11. The van der Waals surface area contributed by atoms with E-state index in [2.05, 4.69) is 203 Å². The lowest BCUT2D eigenvalue weighted by atomic mass is 9.94. The Bertz CT molecular complexity index is 3520. The molecule has 0 aliphatic heterocycles. The molecule has 4 nitrogen and oxygen atoms in total. The minimum Gasteiger partial charge on any atom is -0.309 e. The average Bonchev–Trinajstić information content (AvgIpc) is 3.79. The minimum absolute atomic E-state index is 0.662. The van der Waals surface area contributed by atoms with Gasteiger partial charge in [0.15, 0.2) is 0 Å². The second kappa shape index (κ2) is 12.0. The van der Waals surface area contributed by atoms with Crippen LogP contribution in [0, 0.1) is 0 Å². The van der Waals surface area contributed by atoms with Gasteiger partial charge >= 0.3 is 0 Å². The molecule has 0 aliphatic rings. The maximum atomic E-state index is 5.41. The van der Waals surface area contributed by atoms with Crippen molar-refractivity contribution in [3.8, 4) is 34.0 Å². The van der Waals surface area contributed by atoms with Gasteiger partial charge in [0.2, 0.25) is 5.95 Å². The first kappa shape index (κ1) is 30.9. The highest BCUT2D eigenvalue weighted by atomic mass is 15.2. The van der Waals surface area contributed by atoms with Gasteiger partial charge in [0, 0.05) is 38.2 Å². The summed E-state index contributed by atoms with van der Waals surface area (Å²) in [5.41, 5.74) is 11.0. The van der Waals surface area contributed by atoms with Gasteiger partial charge in [-0.2, -0.15) is 0 Å². The summed E-state index contributed by atoms with van der Waals surface area (Å²) in [7, 11) is 0. The van der Waals surface area contributed by atoms with Gasteiger partial charge in [-0.25, -0.2) is 9.97 Å². The number of nitrogens with zero attached hydrogens (tertiary/aromatic N) is 4. The summed E-state index contributed by atoms with van der Waals surface area (Å²) in [5.74, 6) is 0.662. The van der Waals surface area contributed by atoms with E-state index in [0.717, 1.165) is 44.4 Å². The molecular weight excluding hydrogens is 681 g/mol. The Hall–Kier alpha value is -7.56. The molecule has 0 saturated heterocycles. The molecule has 0 amide bonds. The summed E-state index contributed by atoms with van der Waals surface area (Å²) in [6.07, 6.45) is 0. The van der Waals surface area contributed by atoms with Crippen LogP contribution in [0.2, 0.25) is 0 Å². The van der Waals surface area contributed by atoms with E-state index in [1.165, 1.54) is 59.7 Å². The van der Waals surface area contributed by atoms with Crippen LogP contribution in [0.1, 0.15) is 0 Å². The van der Waals surface area contributed by atoms with E-state index >= 15 is 0 Å². The molecule has 4 heteroatoms. The van der Waals surface area contributed by atoms with Crippen LogP contribution in [-0.2, 0) is 0 Å². The first-order valence-corrected chi connectivity index (χ1v) is 19.1. The number of aromatic nitrogens is 4. The SMILES string of the molecule is c1ccc(-n2c3ccccc3c3c4ccccc4c(-c4ccc(-c5nc(-n6c7ccccc7c7c8ccccc8ccc76)nc6ccccc56)cc4)cc32)cc1. The minimum atomic E-state index is 0.662. The van der Waals surface area contributed by atoms with Crippen LogP contribution in [0.3, 0.4) is 0 Å². The zero-order chi connectivity index (χ0) is 36.7. The van der Waals surface area contributed by atoms with Crippen molar-refractivity contribution in [2.45, 2.75) is 0 Å². The van der Waals surface area contributed by atoms with Gasteiger partial charge in [0.05, 0.1) is 33.3 Å². The number of rotatable bonds is 4. The van der Waals surface area contributed by atoms with Gasteiger partial charge in [0.25, 0.3) is 0 Å². The number of para-hydroxylation sites is 4. The molecule has 9 aromatic carbocycles. The van der Waals surface area contributed by atoms with Gasteiger partial charge in [-0.3, -0.25) is 4.57 Å². The van der Waals surface area contributed by atoms with Crippen molar-refractivity contribution in [1.29, 1.82) is 0 Å². The molecule has 12 rings (SSSR count). The third-order valence-corrected chi connectivity index (χ3v) is 11.5. The smallest absolute Gasteiger partial charge is 0.235 e. The summed E-state index contributed by atoms with van der Waals surface area (Å²) < 4.78 is 4.63. The van der Waals surface area contributed by atoms with Crippen LogP contribution in [0.4, 0.5) is 0 Å². The van der Waals surface area contributed by atoms with Gasteiger partial charge in [-0.05, 0) is 75.1 Å². The van der Waals surface area contributed by atoms with Gasteiger partial charge in [0.1, 0.15) is 0 Å². The van der Waals surface area contributed by atoms with E-state index in [9.17, 15) is 0 Å². The highest BCUT2D eigenvalue weighted by molar-refractivity contribution is 6.24. The van der Waals surface area contributed by atoms with Crippen molar-refractivity contribution >= 4 is 76.1 Å². The lowest BCUT2D eigenvalue weighted by Gasteiger charge is -2.14. The maximum absolute atomic E-state index is 5.41. The summed E-state index contributed by atoms with van der Waals surface area (Å²) in [5, 5.41) is 10.9. The summed E-state index contributed by atoms with van der Waals surface area (Å²) >= 11 is 0. The monoisotopic (exact) mass is 712 g/mol. The molecule has 260 valence electrons. The predicted octanol–water partition coefficient (Wildman–Crippen LogP) is 13.5. The molecule has 0 radical (unpaired) electrons. The molecule has 0 unspecified atom stereocenters. The van der Waals surface area contributed by atoms with E-state index in [-0.39, 0.29) is 0 Å². The Labute approximate surface area is 322 Å².